The highest BCUT2D eigenvalue weighted by atomic mass is 16.6. The largest absolute Gasteiger partial charge is 0.444 e. The fourth-order valence-electron chi connectivity index (χ4n) is 4.01. The number of carbonyl (C=O) groups is 1. The Balaban J connectivity index is 1.51. The molecule has 0 saturated carbocycles. The summed E-state index contributed by atoms with van der Waals surface area (Å²) >= 11 is 0. The topological polar surface area (TPSA) is 32.8 Å². The molecule has 27 heavy (non-hydrogen) atoms. The zero-order chi connectivity index (χ0) is 24.5. The summed E-state index contributed by atoms with van der Waals surface area (Å²) in [4.78, 5) is 15.5. The maximum Gasteiger partial charge on any atom is 0.410 e. The van der Waals surface area contributed by atoms with E-state index in [9.17, 15) is 4.79 Å². The third-order valence-corrected chi connectivity index (χ3v) is 5.41. The van der Waals surface area contributed by atoms with E-state index in [0.29, 0.717) is 17.9 Å². The fraction of sp³-hybridized carbons (Fsp3) is 0.435. The molecule has 0 aliphatic carbocycles. The Bertz CT molecular complexity index is 1100. The molecule has 2 bridgehead atoms. The van der Waals surface area contributed by atoms with Crippen molar-refractivity contribution in [3.8, 4) is 0 Å². The minimum absolute atomic E-state index is 0.298. The van der Waals surface area contributed by atoms with E-state index < -0.39 is 43.6 Å². The Morgan fingerprint density at radius 1 is 1.07 bits per heavy atom. The molecule has 0 unspecified atom stereocenters. The van der Waals surface area contributed by atoms with E-state index in [0.717, 1.165) is 16.7 Å². The molecule has 140 valence electrons. The number of rotatable bonds is 2. The van der Waals surface area contributed by atoms with Crippen LogP contribution >= 0.6 is 0 Å². The van der Waals surface area contributed by atoms with Crippen LogP contribution < -0.4 is 0 Å². The van der Waals surface area contributed by atoms with Gasteiger partial charge in [-0.1, -0.05) is 54.6 Å². The van der Waals surface area contributed by atoms with E-state index in [1.165, 1.54) is 4.90 Å². The molecule has 0 radical (unpaired) electrons. The number of nitrogens with zero attached hydrogens (tertiary/aromatic N) is 2. The highest BCUT2D eigenvalue weighted by Gasteiger charge is 2.39. The van der Waals surface area contributed by atoms with Crippen LogP contribution in [0.2, 0.25) is 0 Å². The van der Waals surface area contributed by atoms with Crippen LogP contribution in [0.5, 0.6) is 0 Å². The van der Waals surface area contributed by atoms with E-state index in [1.54, 1.807) is 0 Å². The molecule has 4 nitrogen and oxygen atoms in total. The van der Waals surface area contributed by atoms with Gasteiger partial charge in [0.15, 0.2) is 0 Å². The summed E-state index contributed by atoms with van der Waals surface area (Å²) in [7, 11) is 0. The van der Waals surface area contributed by atoms with Gasteiger partial charge < -0.3 is 4.74 Å². The second kappa shape index (κ2) is 7.01. The number of hydrogen-bond acceptors (Lipinski definition) is 3. The molecule has 3 fully saturated rings. The van der Waals surface area contributed by atoms with Crippen molar-refractivity contribution in [2.45, 2.75) is 31.4 Å². The number of benzene rings is 2. The zero-order valence-electron chi connectivity index (χ0n) is 21.9. The van der Waals surface area contributed by atoms with Gasteiger partial charge in [0.25, 0.3) is 0 Å². The summed E-state index contributed by atoms with van der Waals surface area (Å²) in [6.45, 7) is -7.16. The van der Waals surface area contributed by atoms with Crippen LogP contribution in [0.15, 0.2) is 54.6 Å². The Kier molecular flexibility index (Phi) is 2.82. The van der Waals surface area contributed by atoms with E-state index in [2.05, 4.69) is 0 Å². The first-order chi connectivity index (χ1) is 15.9. The molecule has 0 N–H and O–H groups in total. The van der Waals surface area contributed by atoms with Crippen LogP contribution in [0.25, 0.3) is 0 Å². The van der Waals surface area contributed by atoms with Crippen LogP contribution in [-0.2, 0) is 11.2 Å². The first kappa shape index (κ1) is 10.9. The summed E-state index contributed by atoms with van der Waals surface area (Å²) in [5.41, 5.74) is 2.89. The number of amides is 1. The van der Waals surface area contributed by atoms with Crippen LogP contribution in [0.4, 0.5) is 4.79 Å². The van der Waals surface area contributed by atoms with Crippen molar-refractivity contribution in [2.75, 3.05) is 26.0 Å². The summed E-state index contributed by atoms with van der Waals surface area (Å²) in [6, 6.07) is 16.7. The summed E-state index contributed by atoms with van der Waals surface area (Å²) in [6.07, 6.45) is -3.34. The van der Waals surface area contributed by atoms with Gasteiger partial charge in [-0.25, -0.2) is 4.79 Å². The predicted octanol–water partition coefficient (Wildman–Crippen LogP) is 3.86. The minimum Gasteiger partial charge on any atom is -0.444 e. The number of hydrogen-bond donors (Lipinski definition) is 0. The smallest absolute Gasteiger partial charge is 0.410 e. The minimum atomic E-state index is -2.87. The van der Waals surface area contributed by atoms with Gasteiger partial charge in [-0.3, -0.25) is 9.80 Å². The zero-order valence-corrected chi connectivity index (χ0v) is 14.9. The molecule has 0 aromatic heterocycles. The number of ether oxygens (including phenoxy) is 1. The lowest BCUT2D eigenvalue weighted by molar-refractivity contribution is -0.0462. The Labute approximate surface area is 170 Å². The maximum atomic E-state index is 13.6. The molecule has 4 aliphatic rings. The lowest BCUT2D eigenvalue weighted by atomic mass is 9.86. The standard InChI is InChI=1S/C23H26N2O2/c26-23(27-21-16-24-13-10-18(21)11-14-24)25-15-12-17-6-4-5-9-20(17)22(25)19-7-2-1-3-8-19/h1-9,18,21-22H,10-16H2/t21-,22-/m0/s1/i13D2,14D2,16D2,21D. The predicted molar refractivity (Wildman–Crippen MR) is 105 cm³/mol. The van der Waals surface area contributed by atoms with Gasteiger partial charge in [0.05, 0.1) is 7.41 Å². The van der Waals surface area contributed by atoms with Gasteiger partial charge in [-0.2, -0.15) is 0 Å². The molecule has 4 heteroatoms. The number of carbonyl (C=O) groups excluding carboxylic acids is 1. The van der Waals surface area contributed by atoms with Crippen LogP contribution in [0, 0.1) is 5.92 Å². The second-order valence-corrected chi connectivity index (χ2v) is 7.06. The summed E-state index contributed by atoms with van der Waals surface area (Å²) in [5, 5.41) is 0. The molecule has 4 heterocycles. The molecule has 2 aromatic carbocycles. The van der Waals surface area contributed by atoms with Crippen molar-refractivity contribution in [3.05, 3.63) is 71.3 Å². The third-order valence-electron chi connectivity index (χ3n) is 5.41. The Morgan fingerprint density at radius 2 is 1.81 bits per heavy atom. The molecular formula is C23H26N2O2. The van der Waals surface area contributed by atoms with Gasteiger partial charge in [-0.15, -0.1) is 0 Å². The van der Waals surface area contributed by atoms with Gasteiger partial charge >= 0.3 is 6.09 Å². The van der Waals surface area contributed by atoms with Crippen molar-refractivity contribution < 1.29 is 19.1 Å². The fourth-order valence-corrected chi connectivity index (χ4v) is 4.01. The molecule has 0 spiro atoms. The molecule has 6 rings (SSSR count). The number of piperidine rings is 3. The summed E-state index contributed by atoms with van der Waals surface area (Å²) < 4.78 is 64.4. The molecule has 2 aromatic rings. The van der Waals surface area contributed by atoms with Crippen LogP contribution in [-0.4, -0.2) is 48.0 Å². The monoisotopic (exact) mass is 369 g/mol. The summed E-state index contributed by atoms with van der Waals surface area (Å²) in [5.74, 6) is -1.14. The van der Waals surface area contributed by atoms with Gasteiger partial charge in [-0.05, 0) is 54.9 Å². The molecule has 2 atom stereocenters. The highest BCUT2D eigenvalue weighted by Crippen LogP contribution is 2.36. The SMILES string of the molecule is [2H]C1([2H])CC2CC([2H])([2H])N1C([2H])([2H])[C@]2([2H])OC(=O)N1CCc2ccccc2[C@@H]1c1ccccc1. The first-order valence-electron chi connectivity index (χ1n) is 12.8. The van der Waals surface area contributed by atoms with Crippen LogP contribution in [0.1, 0.15) is 45.2 Å². The average Bonchev–Trinajstić information content (AvgIpc) is 2.75. The molecular weight excluding hydrogens is 336 g/mol. The van der Waals surface area contributed by atoms with Crippen molar-refractivity contribution in [2.24, 2.45) is 5.92 Å². The van der Waals surface area contributed by atoms with Crippen molar-refractivity contribution >= 4 is 6.09 Å². The second-order valence-electron chi connectivity index (χ2n) is 7.06. The van der Waals surface area contributed by atoms with Crippen LogP contribution in [0.3, 0.4) is 0 Å². The maximum absolute atomic E-state index is 13.6. The quantitative estimate of drug-likeness (QED) is 0.806. The third kappa shape index (κ3) is 3.12. The average molecular weight is 370 g/mol. The molecule has 1 amide bonds. The highest BCUT2D eigenvalue weighted by molar-refractivity contribution is 5.70. The van der Waals surface area contributed by atoms with E-state index >= 15 is 0 Å². The Hall–Kier alpha value is -2.33. The van der Waals surface area contributed by atoms with E-state index in [4.69, 9.17) is 14.3 Å². The van der Waals surface area contributed by atoms with Gasteiger partial charge in [0.2, 0.25) is 0 Å². The van der Waals surface area contributed by atoms with Crippen molar-refractivity contribution in [1.29, 1.82) is 0 Å². The lowest BCUT2D eigenvalue weighted by Crippen LogP contribution is -2.53. The lowest BCUT2D eigenvalue weighted by Gasteiger charge is -2.45. The normalized spacial score (nSPS) is 41.4. The van der Waals surface area contributed by atoms with Crippen molar-refractivity contribution in [1.82, 2.24) is 9.80 Å². The Morgan fingerprint density at radius 3 is 2.59 bits per heavy atom. The molecule has 4 aliphatic heterocycles. The van der Waals surface area contributed by atoms with Gasteiger partial charge in [0.1, 0.15) is 6.08 Å². The van der Waals surface area contributed by atoms with E-state index in [1.807, 2.05) is 54.6 Å². The van der Waals surface area contributed by atoms with Gasteiger partial charge in [0, 0.05) is 21.3 Å². The number of fused-ring (bicyclic) bond motifs is 4. The van der Waals surface area contributed by atoms with Crippen molar-refractivity contribution in [3.63, 3.8) is 0 Å². The first-order valence-corrected chi connectivity index (χ1v) is 9.31. The molecule has 3 saturated heterocycles. The van der Waals surface area contributed by atoms with E-state index in [-0.39, 0.29) is 12.8 Å².